The van der Waals surface area contributed by atoms with Gasteiger partial charge >= 0.3 is 11.7 Å². The molecule has 0 aliphatic carbocycles. The van der Waals surface area contributed by atoms with Crippen LogP contribution in [0, 0.1) is 11.6 Å². The van der Waals surface area contributed by atoms with Crippen molar-refractivity contribution in [2.45, 2.75) is 6.54 Å². The smallest absolute Gasteiger partial charge is 0.337 e. The molecule has 1 heterocycles. The minimum Gasteiger partial charge on any atom is -0.465 e. The zero-order chi connectivity index (χ0) is 19.0. The van der Waals surface area contributed by atoms with Gasteiger partial charge in [0.25, 0.3) is 5.56 Å². The molecule has 0 atom stereocenters. The zero-order valence-corrected chi connectivity index (χ0v) is 14.0. The number of methoxy groups -OCH3 is 1. The third-order valence-corrected chi connectivity index (χ3v) is 4.10. The normalized spacial score (nSPS) is 10.9. The van der Waals surface area contributed by atoms with Crippen molar-refractivity contribution < 1.29 is 18.3 Å². The lowest BCUT2D eigenvalue weighted by Gasteiger charge is -2.11. The molecule has 0 radical (unpaired) electrons. The van der Waals surface area contributed by atoms with Crippen LogP contribution in [0.3, 0.4) is 0 Å². The molecule has 0 amide bonds. The summed E-state index contributed by atoms with van der Waals surface area (Å²) < 4.78 is 33.3. The minimum absolute atomic E-state index is 0.137. The quantitative estimate of drug-likeness (QED) is 0.668. The number of rotatable bonds is 3. The monoisotopic (exact) mass is 360 g/mol. The summed E-state index contributed by atoms with van der Waals surface area (Å²) in [5, 5.41) is 0.137. The van der Waals surface area contributed by atoms with Crippen molar-refractivity contribution in [2.24, 2.45) is 7.05 Å². The summed E-state index contributed by atoms with van der Waals surface area (Å²) >= 11 is 0. The summed E-state index contributed by atoms with van der Waals surface area (Å²) in [6.45, 7) is -0.235. The molecule has 0 saturated carbocycles. The molecular weight excluding hydrogens is 346 g/mol. The van der Waals surface area contributed by atoms with E-state index in [9.17, 15) is 23.2 Å². The fraction of sp³-hybridized carbons (Fsp3) is 0.167. The second kappa shape index (κ2) is 6.55. The van der Waals surface area contributed by atoms with Crippen LogP contribution in [0.1, 0.15) is 15.9 Å². The van der Waals surface area contributed by atoms with Crippen LogP contribution < -0.4 is 11.2 Å². The number of aryl methyl sites for hydroxylation is 1. The van der Waals surface area contributed by atoms with Crippen molar-refractivity contribution in [1.29, 1.82) is 0 Å². The van der Waals surface area contributed by atoms with Gasteiger partial charge in [-0.25, -0.2) is 18.4 Å². The number of carbonyl (C=O) groups excluding carboxylic acids is 1. The number of hydrogen-bond acceptors (Lipinski definition) is 4. The number of halogens is 2. The Morgan fingerprint density at radius 3 is 2.46 bits per heavy atom. The van der Waals surface area contributed by atoms with Gasteiger partial charge < -0.3 is 4.74 Å². The highest BCUT2D eigenvalue weighted by molar-refractivity contribution is 5.94. The van der Waals surface area contributed by atoms with Crippen LogP contribution in [0.4, 0.5) is 8.78 Å². The average molecular weight is 360 g/mol. The summed E-state index contributed by atoms with van der Waals surface area (Å²) in [6.07, 6.45) is 0. The fourth-order valence-corrected chi connectivity index (χ4v) is 2.72. The van der Waals surface area contributed by atoms with Crippen LogP contribution in [0.25, 0.3) is 10.9 Å². The molecule has 0 spiro atoms. The van der Waals surface area contributed by atoms with E-state index in [1.807, 2.05) is 0 Å². The Balaban J connectivity index is 2.21. The number of carbonyl (C=O) groups is 1. The molecule has 3 rings (SSSR count). The molecule has 2 aromatic carbocycles. The highest BCUT2D eigenvalue weighted by Crippen LogP contribution is 2.13. The van der Waals surface area contributed by atoms with E-state index in [-0.39, 0.29) is 23.1 Å². The Kier molecular flexibility index (Phi) is 4.41. The molecule has 1 aromatic heterocycles. The highest BCUT2D eigenvalue weighted by Gasteiger charge is 2.15. The van der Waals surface area contributed by atoms with Crippen LogP contribution in [0.15, 0.2) is 46.0 Å². The largest absolute Gasteiger partial charge is 0.465 e. The molecular formula is C18H14F2N2O4. The SMILES string of the molecule is COC(=O)c1ccc2c(c1)c(=O)n(Cc1ccc(F)c(F)c1)c(=O)n2C. The van der Waals surface area contributed by atoms with Gasteiger partial charge in [-0.1, -0.05) is 6.07 Å². The summed E-state index contributed by atoms with van der Waals surface area (Å²) in [5.41, 5.74) is -0.493. The lowest BCUT2D eigenvalue weighted by atomic mass is 10.1. The fourth-order valence-electron chi connectivity index (χ4n) is 2.72. The van der Waals surface area contributed by atoms with Crippen molar-refractivity contribution in [1.82, 2.24) is 9.13 Å². The number of nitrogens with zero attached hydrogens (tertiary/aromatic N) is 2. The first-order chi connectivity index (χ1) is 12.3. The van der Waals surface area contributed by atoms with Gasteiger partial charge in [0, 0.05) is 7.05 Å². The highest BCUT2D eigenvalue weighted by atomic mass is 19.2. The van der Waals surface area contributed by atoms with Gasteiger partial charge in [0.1, 0.15) is 0 Å². The van der Waals surface area contributed by atoms with Crippen molar-refractivity contribution in [3.63, 3.8) is 0 Å². The van der Waals surface area contributed by atoms with Gasteiger partial charge in [0.05, 0.1) is 30.1 Å². The number of fused-ring (bicyclic) bond motifs is 1. The van der Waals surface area contributed by atoms with Crippen molar-refractivity contribution >= 4 is 16.9 Å². The summed E-state index contributed by atoms with van der Waals surface area (Å²) in [4.78, 5) is 36.9. The second-order valence-corrected chi connectivity index (χ2v) is 5.70. The van der Waals surface area contributed by atoms with Gasteiger partial charge in [-0.2, -0.15) is 0 Å². The van der Waals surface area contributed by atoms with E-state index in [1.165, 1.54) is 43.0 Å². The third kappa shape index (κ3) is 2.90. The molecule has 0 fully saturated rings. The Bertz CT molecular complexity index is 1150. The van der Waals surface area contributed by atoms with E-state index in [0.29, 0.717) is 5.52 Å². The van der Waals surface area contributed by atoms with E-state index in [0.717, 1.165) is 16.7 Å². The lowest BCUT2D eigenvalue weighted by Crippen LogP contribution is -2.39. The van der Waals surface area contributed by atoms with Gasteiger partial charge in [-0.15, -0.1) is 0 Å². The Morgan fingerprint density at radius 1 is 1.08 bits per heavy atom. The second-order valence-electron chi connectivity index (χ2n) is 5.70. The molecule has 0 aliphatic rings. The van der Waals surface area contributed by atoms with Crippen molar-refractivity contribution in [3.05, 3.63) is 80.0 Å². The molecule has 3 aromatic rings. The molecule has 26 heavy (non-hydrogen) atoms. The van der Waals surface area contributed by atoms with Crippen molar-refractivity contribution in [2.75, 3.05) is 7.11 Å². The first kappa shape index (κ1) is 17.5. The third-order valence-electron chi connectivity index (χ3n) is 4.10. The standard InChI is InChI=1S/C18H14F2N2O4/c1-21-15-6-4-11(17(24)26-2)8-12(15)16(23)22(18(21)25)9-10-3-5-13(19)14(20)7-10/h3-8H,9H2,1-2H3. The number of hydrogen-bond donors (Lipinski definition) is 0. The molecule has 0 N–H and O–H groups in total. The molecule has 0 aliphatic heterocycles. The van der Waals surface area contributed by atoms with Crippen molar-refractivity contribution in [3.8, 4) is 0 Å². The topological polar surface area (TPSA) is 70.3 Å². The average Bonchev–Trinajstić information content (AvgIpc) is 2.65. The molecule has 0 unspecified atom stereocenters. The van der Waals surface area contributed by atoms with E-state index < -0.39 is 28.9 Å². The predicted octanol–water partition coefficient (Wildman–Crippen LogP) is 1.81. The van der Waals surface area contributed by atoms with E-state index in [4.69, 9.17) is 0 Å². The van der Waals surface area contributed by atoms with Gasteiger partial charge in [0.15, 0.2) is 11.6 Å². The number of benzene rings is 2. The number of esters is 1. The van der Waals surface area contributed by atoms with Crippen LogP contribution >= 0.6 is 0 Å². The predicted molar refractivity (Wildman–Crippen MR) is 90.2 cm³/mol. The molecule has 134 valence electrons. The van der Waals surface area contributed by atoms with E-state index in [1.54, 1.807) is 0 Å². The first-order valence-corrected chi connectivity index (χ1v) is 7.59. The summed E-state index contributed by atoms with van der Waals surface area (Å²) in [7, 11) is 2.69. The van der Waals surface area contributed by atoms with Gasteiger partial charge in [-0.3, -0.25) is 13.9 Å². The maximum atomic E-state index is 13.4. The van der Waals surface area contributed by atoms with Crippen LogP contribution in [0.5, 0.6) is 0 Å². The number of ether oxygens (including phenoxy) is 1. The Labute approximate surface area is 145 Å². The van der Waals surface area contributed by atoms with Crippen LogP contribution in [-0.2, 0) is 18.3 Å². The van der Waals surface area contributed by atoms with Crippen LogP contribution in [0.2, 0.25) is 0 Å². The lowest BCUT2D eigenvalue weighted by molar-refractivity contribution is 0.0601. The molecule has 0 saturated heterocycles. The molecule has 8 heteroatoms. The summed E-state index contributed by atoms with van der Waals surface area (Å²) in [5.74, 6) is -2.70. The molecule has 6 nitrogen and oxygen atoms in total. The molecule has 0 bridgehead atoms. The van der Waals surface area contributed by atoms with Crippen LogP contribution in [-0.4, -0.2) is 22.2 Å². The Hall–Kier alpha value is -3.29. The van der Waals surface area contributed by atoms with E-state index >= 15 is 0 Å². The number of aromatic nitrogens is 2. The maximum absolute atomic E-state index is 13.4. The van der Waals surface area contributed by atoms with E-state index in [2.05, 4.69) is 4.74 Å². The maximum Gasteiger partial charge on any atom is 0.337 e. The Morgan fingerprint density at radius 2 is 1.81 bits per heavy atom. The first-order valence-electron chi connectivity index (χ1n) is 7.59. The minimum atomic E-state index is -1.07. The summed E-state index contributed by atoms with van der Waals surface area (Å²) in [6, 6.07) is 7.41. The van der Waals surface area contributed by atoms with Gasteiger partial charge in [-0.05, 0) is 35.9 Å². The zero-order valence-electron chi connectivity index (χ0n) is 14.0. The van der Waals surface area contributed by atoms with Gasteiger partial charge in [0.2, 0.25) is 0 Å².